The van der Waals surface area contributed by atoms with Crippen molar-refractivity contribution in [3.63, 3.8) is 0 Å². The van der Waals surface area contributed by atoms with Gasteiger partial charge >= 0.3 is 7.12 Å². The van der Waals surface area contributed by atoms with Crippen LogP contribution in [-0.4, -0.2) is 31.1 Å². The highest BCUT2D eigenvalue weighted by Gasteiger charge is 2.28. The van der Waals surface area contributed by atoms with Crippen LogP contribution in [0.3, 0.4) is 0 Å². The average Bonchev–Trinajstić information content (AvgIpc) is 2.12. The van der Waals surface area contributed by atoms with Crippen LogP contribution >= 0.6 is 0 Å². The largest absolute Gasteiger partial charge is 0.489 e. The van der Waals surface area contributed by atoms with Gasteiger partial charge in [0.2, 0.25) is 10.0 Å². The maximum Gasteiger partial charge on any atom is 0.489 e. The highest BCUT2D eigenvalue weighted by atomic mass is 32.2. The minimum absolute atomic E-state index is 0.353. The van der Waals surface area contributed by atoms with Gasteiger partial charge in [-0.05, 0) is 39.0 Å². The fourth-order valence-electron chi connectivity index (χ4n) is 1.42. The van der Waals surface area contributed by atoms with Crippen LogP contribution in [0.1, 0.15) is 20.8 Å². The first-order valence-electron chi connectivity index (χ1n) is 5.22. The molecule has 0 aromatic heterocycles. The third-order valence-electron chi connectivity index (χ3n) is 1.98. The lowest BCUT2D eigenvalue weighted by Gasteiger charge is -2.21. The third-order valence-corrected chi connectivity index (χ3v) is 3.81. The second kappa shape index (κ2) is 4.97. The van der Waals surface area contributed by atoms with E-state index in [1.165, 1.54) is 0 Å². The summed E-state index contributed by atoms with van der Waals surface area (Å²) in [5, 5.41) is 18.2. The Morgan fingerprint density at radius 3 is 2.28 bits per heavy atom. The van der Waals surface area contributed by atoms with Crippen molar-refractivity contribution >= 4 is 22.6 Å². The molecule has 1 rings (SSSR count). The molecule has 0 unspecified atom stereocenters. The molecule has 0 aliphatic rings. The number of benzene rings is 1. The van der Waals surface area contributed by atoms with Crippen LogP contribution < -0.4 is 10.2 Å². The first-order valence-corrected chi connectivity index (χ1v) is 6.71. The van der Waals surface area contributed by atoms with E-state index >= 15 is 0 Å². The Kier molecular flexibility index (Phi) is 4.17. The van der Waals surface area contributed by atoms with Gasteiger partial charge in [0.05, 0.1) is 4.90 Å². The molecular weight excluding hydrogens is 260 g/mol. The summed E-state index contributed by atoms with van der Waals surface area (Å²) in [5.41, 5.74) is -1.13. The Labute approximate surface area is 106 Å². The van der Waals surface area contributed by atoms with E-state index < -0.39 is 34.0 Å². The lowest BCUT2D eigenvalue weighted by atomic mass is 9.80. The van der Waals surface area contributed by atoms with Gasteiger partial charge in [-0.15, -0.1) is 0 Å². The number of halogens is 1. The zero-order chi connectivity index (χ0) is 14.1. The summed E-state index contributed by atoms with van der Waals surface area (Å²) in [5.74, 6) is -0.743. The molecule has 18 heavy (non-hydrogen) atoms. The smallest absolute Gasteiger partial charge is 0.423 e. The summed E-state index contributed by atoms with van der Waals surface area (Å²) in [7, 11) is -6.01. The fraction of sp³-hybridized carbons (Fsp3) is 0.400. The molecule has 0 aliphatic heterocycles. The Balaban J connectivity index is 3.33. The molecule has 0 saturated heterocycles. The Bertz CT molecular complexity index is 539. The number of hydrogen-bond acceptors (Lipinski definition) is 4. The zero-order valence-electron chi connectivity index (χ0n) is 10.3. The number of hydrogen-bond donors (Lipinski definition) is 3. The zero-order valence-corrected chi connectivity index (χ0v) is 11.1. The van der Waals surface area contributed by atoms with Crippen LogP contribution in [0.4, 0.5) is 4.39 Å². The molecule has 3 N–H and O–H groups in total. The van der Waals surface area contributed by atoms with Crippen LogP contribution in [0.5, 0.6) is 0 Å². The average molecular weight is 275 g/mol. The van der Waals surface area contributed by atoms with Gasteiger partial charge in [0.25, 0.3) is 0 Å². The molecule has 0 saturated carbocycles. The van der Waals surface area contributed by atoms with Crippen molar-refractivity contribution in [2.24, 2.45) is 0 Å². The van der Waals surface area contributed by atoms with E-state index in [0.29, 0.717) is 0 Å². The Morgan fingerprint density at radius 2 is 1.83 bits per heavy atom. The SMILES string of the molecule is CC(C)(C)NS(=O)(=O)c1ccc(F)cc1B(O)O. The molecule has 0 heterocycles. The highest BCUT2D eigenvalue weighted by molar-refractivity contribution is 7.89. The van der Waals surface area contributed by atoms with E-state index in [9.17, 15) is 12.8 Å². The van der Waals surface area contributed by atoms with Gasteiger partial charge in [0.1, 0.15) is 5.82 Å². The van der Waals surface area contributed by atoms with Crippen molar-refractivity contribution in [2.45, 2.75) is 31.2 Å². The summed E-state index contributed by atoms with van der Waals surface area (Å²) >= 11 is 0. The van der Waals surface area contributed by atoms with Gasteiger partial charge in [-0.3, -0.25) is 0 Å². The van der Waals surface area contributed by atoms with E-state index in [2.05, 4.69) is 4.72 Å². The van der Waals surface area contributed by atoms with E-state index in [1.807, 2.05) is 0 Å². The minimum atomic E-state index is -3.95. The third kappa shape index (κ3) is 3.77. The minimum Gasteiger partial charge on any atom is -0.423 e. The predicted octanol–water partition coefficient (Wildman–Crippen LogP) is -0.418. The normalized spacial score (nSPS) is 12.6. The van der Waals surface area contributed by atoms with Gasteiger partial charge in [0, 0.05) is 11.0 Å². The summed E-state index contributed by atoms with van der Waals surface area (Å²) < 4.78 is 39.4. The topological polar surface area (TPSA) is 86.6 Å². The Hall–Kier alpha value is -0.955. The highest BCUT2D eigenvalue weighted by Crippen LogP contribution is 2.12. The maximum absolute atomic E-state index is 13.0. The standard InChI is InChI=1S/C10H15BFNO4S/c1-10(2,3)13-18(16,17)9-5-4-7(12)6-8(9)11(14)15/h4-6,13-15H,1-3H3. The maximum atomic E-state index is 13.0. The molecule has 5 nitrogen and oxygen atoms in total. The lowest BCUT2D eigenvalue weighted by molar-refractivity contribution is 0.423. The molecule has 0 amide bonds. The van der Waals surface area contributed by atoms with Crippen molar-refractivity contribution in [3.05, 3.63) is 24.0 Å². The monoisotopic (exact) mass is 275 g/mol. The second-order valence-corrected chi connectivity index (χ2v) is 6.56. The van der Waals surface area contributed by atoms with Gasteiger partial charge in [-0.2, -0.15) is 0 Å². The van der Waals surface area contributed by atoms with Crippen LogP contribution in [0.2, 0.25) is 0 Å². The van der Waals surface area contributed by atoms with Crippen molar-refractivity contribution in [1.82, 2.24) is 4.72 Å². The summed E-state index contributed by atoms with van der Waals surface area (Å²) in [6, 6.07) is 2.73. The number of sulfonamides is 1. The van der Waals surface area contributed by atoms with Crippen LogP contribution in [0, 0.1) is 5.82 Å². The van der Waals surface area contributed by atoms with Gasteiger partial charge < -0.3 is 10.0 Å². The first kappa shape index (κ1) is 15.1. The summed E-state index contributed by atoms with van der Waals surface area (Å²) in [6.45, 7) is 4.93. The van der Waals surface area contributed by atoms with E-state index in [1.54, 1.807) is 20.8 Å². The van der Waals surface area contributed by atoms with Gasteiger partial charge in [-0.25, -0.2) is 17.5 Å². The molecule has 8 heteroatoms. The molecular formula is C10H15BFNO4S. The molecule has 0 aliphatic carbocycles. The molecule has 0 fully saturated rings. The molecule has 0 radical (unpaired) electrons. The van der Waals surface area contributed by atoms with Crippen LogP contribution in [-0.2, 0) is 10.0 Å². The summed E-state index contributed by atoms with van der Waals surface area (Å²) in [4.78, 5) is -0.353. The van der Waals surface area contributed by atoms with E-state index in [0.717, 1.165) is 18.2 Å². The van der Waals surface area contributed by atoms with Crippen LogP contribution in [0.15, 0.2) is 23.1 Å². The number of nitrogens with one attached hydrogen (secondary N) is 1. The van der Waals surface area contributed by atoms with Crippen molar-refractivity contribution < 1.29 is 22.9 Å². The molecule has 0 atom stereocenters. The van der Waals surface area contributed by atoms with E-state index in [4.69, 9.17) is 10.0 Å². The summed E-state index contributed by atoms with van der Waals surface area (Å²) in [6.07, 6.45) is 0. The van der Waals surface area contributed by atoms with Crippen molar-refractivity contribution in [2.75, 3.05) is 0 Å². The van der Waals surface area contributed by atoms with Crippen molar-refractivity contribution in [1.29, 1.82) is 0 Å². The molecule has 1 aromatic carbocycles. The number of rotatable bonds is 3. The van der Waals surface area contributed by atoms with Crippen LogP contribution in [0.25, 0.3) is 0 Å². The van der Waals surface area contributed by atoms with Gasteiger partial charge in [0.15, 0.2) is 0 Å². The second-order valence-electron chi connectivity index (χ2n) is 4.91. The molecule has 0 bridgehead atoms. The Morgan fingerprint density at radius 1 is 1.28 bits per heavy atom. The molecule has 1 aromatic rings. The first-order chi connectivity index (χ1) is 8.03. The fourth-order valence-corrected chi connectivity index (χ4v) is 3.06. The lowest BCUT2D eigenvalue weighted by Crippen LogP contribution is -2.44. The molecule has 0 spiro atoms. The molecule has 100 valence electrons. The quantitative estimate of drug-likeness (QED) is 0.654. The predicted molar refractivity (Wildman–Crippen MR) is 66.3 cm³/mol. The van der Waals surface area contributed by atoms with Gasteiger partial charge in [-0.1, -0.05) is 0 Å². The van der Waals surface area contributed by atoms with E-state index in [-0.39, 0.29) is 4.90 Å². The van der Waals surface area contributed by atoms with Crippen molar-refractivity contribution in [3.8, 4) is 0 Å².